The summed E-state index contributed by atoms with van der Waals surface area (Å²) in [5.74, 6) is -1.57. The molecule has 0 atom stereocenters. The smallest absolute Gasteiger partial charge is 0.355 e. The largest absolute Gasteiger partial charge is 0.476 e. The molecule has 1 N–H and O–H groups in total. The molecule has 0 fully saturated rings. The van der Waals surface area contributed by atoms with Gasteiger partial charge in [-0.15, -0.1) is 0 Å². The number of alkyl halides is 3. The normalized spacial score (nSPS) is 10.2. The average molecular weight is 291 g/mol. The fraction of sp³-hybridized carbons (Fsp3) is 0.222. The van der Waals surface area contributed by atoms with Crippen LogP contribution in [0.4, 0.5) is 8.78 Å². The predicted octanol–water partition coefficient (Wildman–Crippen LogP) is 2.48. The zero-order chi connectivity index (χ0) is 12.3. The van der Waals surface area contributed by atoms with Crippen LogP contribution in [0, 0.1) is 11.3 Å². The van der Waals surface area contributed by atoms with E-state index in [1.807, 2.05) is 0 Å². The number of pyridine rings is 1. The first kappa shape index (κ1) is 12.5. The second-order valence-corrected chi connectivity index (χ2v) is 3.34. The van der Waals surface area contributed by atoms with Gasteiger partial charge in [-0.25, -0.2) is 18.6 Å². The highest BCUT2D eigenvalue weighted by Gasteiger charge is 2.24. The summed E-state index contributed by atoms with van der Waals surface area (Å²) in [4.78, 5) is 14.1. The number of carboxylic acids is 1. The van der Waals surface area contributed by atoms with Crippen molar-refractivity contribution in [3.8, 4) is 6.07 Å². The Balaban J connectivity index is 3.55. The summed E-state index contributed by atoms with van der Waals surface area (Å²) in [5.41, 5.74) is -1.57. The molecule has 1 aromatic rings. The molecule has 7 heteroatoms. The molecular formula is C9H5BrF2N2O2. The quantitative estimate of drug-likeness (QED) is 0.868. The second-order valence-electron chi connectivity index (χ2n) is 2.78. The Hall–Kier alpha value is -1.55. The Labute approximate surface area is 97.7 Å². The van der Waals surface area contributed by atoms with Gasteiger partial charge in [-0.05, 0) is 11.6 Å². The van der Waals surface area contributed by atoms with E-state index in [2.05, 4.69) is 20.9 Å². The number of hydrogen-bond acceptors (Lipinski definition) is 3. The number of aromatic carboxylic acids is 1. The number of carboxylic acid groups (broad SMARTS) is 1. The minimum absolute atomic E-state index is 0.0319. The molecule has 1 rings (SSSR count). The summed E-state index contributed by atoms with van der Waals surface area (Å²) < 4.78 is 25.3. The Morgan fingerprint density at radius 1 is 1.69 bits per heavy atom. The maximum Gasteiger partial charge on any atom is 0.355 e. The van der Waals surface area contributed by atoms with Crippen LogP contribution in [0.1, 0.15) is 33.7 Å². The number of nitriles is 1. The Bertz CT molecular complexity index is 471. The van der Waals surface area contributed by atoms with Crippen molar-refractivity contribution in [3.63, 3.8) is 0 Å². The van der Waals surface area contributed by atoms with Crippen molar-refractivity contribution in [2.24, 2.45) is 0 Å². The van der Waals surface area contributed by atoms with E-state index >= 15 is 0 Å². The summed E-state index contributed by atoms with van der Waals surface area (Å²) in [7, 11) is 0. The molecule has 0 aliphatic rings. The van der Waals surface area contributed by atoms with E-state index in [1.54, 1.807) is 6.07 Å². The van der Waals surface area contributed by atoms with E-state index in [0.717, 1.165) is 6.07 Å². The molecule has 1 heterocycles. The van der Waals surface area contributed by atoms with E-state index in [4.69, 9.17) is 10.4 Å². The van der Waals surface area contributed by atoms with Crippen LogP contribution in [-0.4, -0.2) is 16.1 Å². The molecule has 4 nitrogen and oxygen atoms in total. The summed E-state index contributed by atoms with van der Waals surface area (Å²) in [6.07, 6.45) is -2.95. The van der Waals surface area contributed by atoms with Crippen LogP contribution in [-0.2, 0) is 5.33 Å². The lowest BCUT2D eigenvalue weighted by Gasteiger charge is -2.09. The van der Waals surface area contributed by atoms with E-state index in [1.165, 1.54) is 0 Å². The third-order valence-corrected chi connectivity index (χ3v) is 2.43. The van der Waals surface area contributed by atoms with Crippen LogP contribution in [0.5, 0.6) is 0 Å². The molecule has 0 bridgehead atoms. The summed E-state index contributed by atoms with van der Waals surface area (Å²) in [5, 5.41) is 17.4. The molecule has 84 valence electrons. The molecule has 16 heavy (non-hydrogen) atoms. The molecule has 0 spiro atoms. The van der Waals surface area contributed by atoms with Crippen LogP contribution < -0.4 is 0 Å². The maximum atomic E-state index is 12.7. The van der Waals surface area contributed by atoms with Gasteiger partial charge in [0.15, 0.2) is 5.69 Å². The van der Waals surface area contributed by atoms with Gasteiger partial charge in [-0.3, -0.25) is 0 Å². The first-order valence-electron chi connectivity index (χ1n) is 4.02. The van der Waals surface area contributed by atoms with Crippen LogP contribution in [0.25, 0.3) is 0 Å². The summed E-state index contributed by atoms with van der Waals surface area (Å²) in [6.45, 7) is 0. The lowest BCUT2D eigenvalue weighted by molar-refractivity contribution is 0.0676. The zero-order valence-electron chi connectivity index (χ0n) is 7.75. The molecule has 0 saturated heterocycles. The Kier molecular flexibility index (Phi) is 3.90. The van der Waals surface area contributed by atoms with Gasteiger partial charge >= 0.3 is 5.97 Å². The second kappa shape index (κ2) is 4.99. The SMILES string of the molecule is N#Cc1cc(CBr)c(C(F)F)c(C(=O)O)n1. The minimum atomic E-state index is -2.95. The molecule has 0 unspecified atom stereocenters. The van der Waals surface area contributed by atoms with Crippen molar-refractivity contribution in [1.82, 2.24) is 4.98 Å². The van der Waals surface area contributed by atoms with Crippen molar-refractivity contribution >= 4 is 21.9 Å². The predicted molar refractivity (Wildman–Crippen MR) is 53.5 cm³/mol. The lowest BCUT2D eigenvalue weighted by atomic mass is 10.1. The Morgan fingerprint density at radius 2 is 2.31 bits per heavy atom. The fourth-order valence-electron chi connectivity index (χ4n) is 1.18. The van der Waals surface area contributed by atoms with Gasteiger partial charge in [-0.2, -0.15) is 5.26 Å². The molecule has 0 aliphatic heterocycles. The van der Waals surface area contributed by atoms with Gasteiger partial charge in [0.1, 0.15) is 11.8 Å². The van der Waals surface area contributed by atoms with Gasteiger partial charge < -0.3 is 5.11 Å². The van der Waals surface area contributed by atoms with Crippen LogP contribution >= 0.6 is 15.9 Å². The van der Waals surface area contributed by atoms with E-state index < -0.39 is 23.7 Å². The van der Waals surface area contributed by atoms with Crippen LogP contribution in [0.3, 0.4) is 0 Å². The lowest BCUT2D eigenvalue weighted by Crippen LogP contribution is -2.10. The number of carbonyl (C=O) groups is 1. The highest BCUT2D eigenvalue weighted by molar-refractivity contribution is 9.08. The minimum Gasteiger partial charge on any atom is -0.476 e. The van der Waals surface area contributed by atoms with E-state index in [-0.39, 0.29) is 16.6 Å². The Morgan fingerprint density at radius 3 is 2.69 bits per heavy atom. The van der Waals surface area contributed by atoms with Crippen LogP contribution in [0.2, 0.25) is 0 Å². The topological polar surface area (TPSA) is 74.0 Å². The van der Waals surface area contributed by atoms with Crippen molar-refractivity contribution in [3.05, 3.63) is 28.6 Å². The highest BCUT2D eigenvalue weighted by atomic mass is 79.9. The summed E-state index contributed by atoms with van der Waals surface area (Å²) >= 11 is 2.96. The average Bonchev–Trinajstić information content (AvgIpc) is 2.26. The van der Waals surface area contributed by atoms with Crippen molar-refractivity contribution in [2.45, 2.75) is 11.8 Å². The first-order valence-corrected chi connectivity index (χ1v) is 5.14. The van der Waals surface area contributed by atoms with Gasteiger partial charge in [0.05, 0.1) is 5.56 Å². The monoisotopic (exact) mass is 290 g/mol. The summed E-state index contributed by atoms with van der Waals surface area (Å²) in [6, 6.07) is 2.76. The van der Waals surface area contributed by atoms with E-state index in [0.29, 0.717) is 0 Å². The molecular weight excluding hydrogens is 286 g/mol. The number of rotatable bonds is 3. The van der Waals surface area contributed by atoms with Crippen LogP contribution in [0.15, 0.2) is 6.07 Å². The van der Waals surface area contributed by atoms with Gasteiger partial charge in [0.25, 0.3) is 6.43 Å². The highest BCUT2D eigenvalue weighted by Crippen LogP contribution is 2.28. The third-order valence-electron chi connectivity index (χ3n) is 1.82. The maximum absolute atomic E-state index is 12.7. The van der Waals surface area contributed by atoms with Crippen molar-refractivity contribution < 1.29 is 18.7 Å². The number of halogens is 3. The first-order chi connectivity index (χ1) is 7.51. The molecule has 0 aromatic carbocycles. The third kappa shape index (κ3) is 2.33. The van der Waals surface area contributed by atoms with Gasteiger partial charge in [-0.1, -0.05) is 15.9 Å². The van der Waals surface area contributed by atoms with E-state index in [9.17, 15) is 13.6 Å². The molecule has 0 radical (unpaired) electrons. The van der Waals surface area contributed by atoms with Gasteiger partial charge in [0.2, 0.25) is 0 Å². The standard InChI is InChI=1S/C9H5BrF2N2O2/c10-2-4-1-5(3-13)14-7(9(15)16)6(4)8(11)12/h1,8H,2H2,(H,15,16). The van der Waals surface area contributed by atoms with Crippen molar-refractivity contribution in [1.29, 1.82) is 5.26 Å². The van der Waals surface area contributed by atoms with Crippen molar-refractivity contribution in [2.75, 3.05) is 0 Å². The molecule has 0 amide bonds. The molecule has 0 aliphatic carbocycles. The molecule has 0 saturated carbocycles. The fourth-order valence-corrected chi connectivity index (χ4v) is 1.65. The zero-order valence-corrected chi connectivity index (χ0v) is 9.33. The number of nitrogens with zero attached hydrogens (tertiary/aromatic N) is 2. The van der Waals surface area contributed by atoms with Gasteiger partial charge in [0, 0.05) is 5.33 Å². The molecule has 1 aromatic heterocycles. The number of aromatic nitrogens is 1. The number of hydrogen-bond donors (Lipinski definition) is 1.